The van der Waals surface area contributed by atoms with Crippen LogP contribution in [0.3, 0.4) is 0 Å². The van der Waals surface area contributed by atoms with Gasteiger partial charge in [-0.3, -0.25) is 0 Å². The van der Waals surface area contributed by atoms with Crippen molar-refractivity contribution in [1.82, 2.24) is 18.9 Å². The monoisotopic (exact) mass is 356 g/mol. The van der Waals surface area contributed by atoms with Gasteiger partial charge in [0, 0.05) is 19.0 Å². The van der Waals surface area contributed by atoms with Crippen molar-refractivity contribution in [3.63, 3.8) is 0 Å². The van der Waals surface area contributed by atoms with E-state index in [9.17, 15) is 8.42 Å². The molecule has 3 rings (SSSR count). The zero-order chi connectivity index (χ0) is 16.8. The Hall–Kier alpha value is -0.990. The Morgan fingerprint density at radius 2 is 1.70 bits per heavy atom. The molecular formula is C15H24N4O2S2. The Morgan fingerprint density at radius 3 is 2.26 bits per heavy atom. The maximum absolute atomic E-state index is 13.2. The second-order valence-electron chi connectivity index (χ2n) is 6.71. The predicted molar refractivity (Wildman–Crippen MR) is 91.7 cm³/mol. The average molecular weight is 357 g/mol. The second-order valence-corrected chi connectivity index (χ2v) is 9.55. The third kappa shape index (κ3) is 2.92. The molecule has 0 atom stereocenters. The van der Waals surface area contributed by atoms with Crippen LogP contribution in [0.4, 0.5) is 0 Å². The minimum atomic E-state index is -3.56. The van der Waals surface area contributed by atoms with E-state index in [2.05, 4.69) is 23.9 Å². The van der Waals surface area contributed by atoms with Gasteiger partial charge in [-0.2, -0.15) is 13.9 Å². The van der Waals surface area contributed by atoms with Crippen molar-refractivity contribution in [2.45, 2.75) is 63.8 Å². The molecule has 1 aliphatic rings. The lowest BCUT2D eigenvalue weighted by molar-refractivity contribution is 0.344. The highest BCUT2D eigenvalue weighted by atomic mass is 32.2. The van der Waals surface area contributed by atoms with Crippen LogP contribution in [0, 0.1) is 0 Å². The molecule has 2 aromatic rings. The predicted octanol–water partition coefficient (Wildman–Crippen LogP) is 3.21. The van der Waals surface area contributed by atoms with Crippen molar-refractivity contribution in [3.05, 3.63) is 10.7 Å². The average Bonchev–Trinajstić information content (AvgIpc) is 3.05. The number of rotatable bonds is 4. The Bertz CT molecular complexity index is 799. The molecule has 2 aromatic heterocycles. The SMILES string of the molecule is CC(C)c1nn2c(S(=O)(=O)N3CCCCC3)c(C(C)C)nc2s1. The standard InChI is InChI=1S/C15H24N4O2S2/c1-10(2)12-14(23(20,21)18-8-6-5-7-9-18)19-15(16-12)22-13(17-19)11(3)4/h10-11H,5-9H2,1-4H3. The molecule has 1 saturated heterocycles. The van der Waals surface area contributed by atoms with E-state index in [1.54, 1.807) is 8.82 Å². The molecule has 0 aromatic carbocycles. The molecule has 1 aliphatic heterocycles. The van der Waals surface area contributed by atoms with Crippen LogP contribution in [0.5, 0.6) is 0 Å². The molecule has 0 aliphatic carbocycles. The van der Waals surface area contributed by atoms with E-state index >= 15 is 0 Å². The lowest BCUT2D eigenvalue weighted by Gasteiger charge is -2.25. The quantitative estimate of drug-likeness (QED) is 0.843. The van der Waals surface area contributed by atoms with Gasteiger partial charge in [0.15, 0.2) is 5.03 Å². The van der Waals surface area contributed by atoms with Crippen molar-refractivity contribution in [2.24, 2.45) is 0 Å². The first-order chi connectivity index (χ1) is 10.8. The number of imidazole rings is 1. The van der Waals surface area contributed by atoms with Gasteiger partial charge >= 0.3 is 0 Å². The molecule has 8 heteroatoms. The van der Waals surface area contributed by atoms with Gasteiger partial charge in [-0.15, -0.1) is 0 Å². The smallest absolute Gasteiger partial charge is 0.221 e. The number of sulfonamides is 1. The van der Waals surface area contributed by atoms with E-state index < -0.39 is 10.0 Å². The summed E-state index contributed by atoms with van der Waals surface area (Å²) in [4.78, 5) is 5.26. The highest BCUT2D eigenvalue weighted by Crippen LogP contribution is 2.32. The van der Waals surface area contributed by atoms with E-state index in [0.717, 1.165) is 24.3 Å². The van der Waals surface area contributed by atoms with Gasteiger partial charge in [0.25, 0.3) is 10.0 Å². The van der Waals surface area contributed by atoms with E-state index in [-0.39, 0.29) is 16.9 Å². The summed E-state index contributed by atoms with van der Waals surface area (Å²) in [7, 11) is -3.56. The first kappa shape index (κ1) is 16.9. The molecule has 0 unspecified atom stereocenters. The number of hydrogen-bond acceptors (Lipinski definition) is 5. The van der Waals surface area contributed by atoms with Gasteiger partial charge in [-0.25, -0.2) is 13.4 Å². The van der Waals surface area contributed by atoms with Crippen molar-refractivity contribution in [3.8, 4) is 0 Å². The first-order valence-electron chi connectivity index (χ1n) is 8.22. The molecule has 23 heavy (non-hydrogen) atoms. The lowest BCUT2D eigenvalue weighted by atomic mass is 10.2. The van der Waals surface area contributed by atoms with Gasteiger partial charge < -0.3 is 0 Å². The fourth-order valence-electron chi connectivity index (χ4n) is 2.84. The van der Waals surface area contributed by atoms with Crippen LogP contribution in [-0.2, 0) is 10.0 Å². The Kier molecular flexibility index (Phi) is 4.50. The minimum Gasteiger partial charge on any atom is -0.221 e. The maximum Gasteiger partial charge on any atom is 0.262 e. The number of aromatic nitrogens is 3. The van der Waals surface area contributed by atoms with Gasteiger partial charge in [0.1, 0.15) is 5.01 Å². The summed E-state index contributed by atoms with van der Waals surface area (Å²) < 4.78 is 29.5. The zero-order valence-electron chi connectivity index (χ0n) is 14.1. The molecule has 3 heterocycles. The number of hydrogen-bond donors (Lipinski definition) is 0. The second kappa shape index (κ2) is 6.14. The summed E-state index contributed by atoms with van der Waals surface area (Å²) in [5, 5.41) is 5.73. The van der Waals surface area contributed by atoms with Gasteiger partial charge in [-0.05, 0) is 18.8 Å². The van der Waals surface area contributed by atoms with Crippen molar-refractivity contribution in [2.75, 3.05) is 13.1 Å². The van der Waals surface area contributed by atoms with Crippen LogP contribution in [0.1, 0.15) is 69.5 Å². The zero-order valence-corrected chi connectivity index (χ0v) is 15.7. The topological polar surface area (TPSA) is 67.6 Å². The van der Waals surface area contributed by atoms with E-state index in [4.69, 9.17) is 0 Å². The third-order valence-electron chi connectivity index (χ3n) is 4.14. The normalized spacial score (nSPS) is 17.7. The summed E-state index contributed by atoms with van der Waals surface area (Å²) >= 11 is 1.48. The Balaban J connectivity index is 2.18. The fraction of sp³-hybridized carbons (Fsp3) is 0.733. The largest absolute Gasteiger partial charge is 0.262 e. The highest BCUT2D eigenvalue weighted by molar-refractivity contribution is 7.89. The van der Waals surface area contributed by atoms with Crippen LogP contribution < -0.4 is 0 Å². The van der Waals surface area contributed by atoms with Crippen molar-refractivity contribution < 1.29 is 8.42 Å². The molecule has 6 nitrogen and oxygen atoms in total. The molecule has 0 N–H and O–H groups in total. The summed E-state index contributed by atoms with van der Waals surface area (Å²) in [5.74, 6) is 0.302. The van der Waals surface area contributed by atoms with Gasteiger partial charge in [0.05, 0.1) is 5.69 Å². The van der Waals surface area contributed by atoms with Crippen LogP contribution in [0.15, 0.2) is 5.03 Å². The van der Waals surface area contributed by atoms with Crippen LogP contribution >= 0.6 is 11.3 Å². The molecule has 0 amide bonds. The number of piperidine rings is 1. The lowest BCUT2D eigenvalue weighted by Crippen LogP contribution is -2.36. The fourth-order valence-corrected chi connectivity index (χ4v) is 5.68. The van der Waals surface area contributed by atoms with Crippen LogP contribution in [0.2, 0.25) is 0 Å². The molecule has 128 valence electrons. The number of fused-ring (bicyclic) bond motifs is 1. The van der Waals surface area contributed by atoms with Crippen LogP contribution in [0.25, 0.3) is 4.96 Å². The van der Waals surface area contributed by atoms with Gasteiger partial charge in [0.2, 0.25) is 4.96 Å². The Labute approximate surface area is 141 Å². The summed E-state index contributed by atoms with van der Waals surface area (Å²) in [6.45, 7) is 9.25. The van der Waals surface area contributed by atoms with E-state index in [0.29, 0.717) is 23.7 Å². The molecular weight excluding hydrogens is 332 g/mol. The van der Waals surface area contributed by atoms with E-state index in [1.165, 1.54) is 11.3 Å². The Morgan fingerprint density at radius 1 is 1.04 bits per heavy atom. The van der Waals surface area contributed by atoms with Crippen molar-refractivity contribution in [1.29, 1.82) is 0 Å². The molecule has 1 fully saturated rings. The van der Waals surface area contributed by atoms with Crippen LogP contribution in [-0.4, -0.2) is 40.4 Å². The van der Waals surface area contributed by atoms with Crippen molar-refractivity contribution >= 4 is 26.3 Å². The summed E-state index contributed by atoms with van der Waals surface area (Å²) in [5.41, 5.74) is 0.629. The molecule has 0 bridgehead atoms. The molecule has 0 spiro atoms. The highest BCUT2D eigenvalue weighted by Gasteiger charge is 2.34. The van der Waals surface area contributed by atoms with Gasteiger partial charge in [-0.1, -0.05) is 45.5 Å². The first-order valence-corrected chi connectivity index (χ1v) is 10.5. The van der Waals surface area contributed by atoms with E-state index in [1.807, 2.05) is 13.8 Å². The molecule has 0 saturated carbocycles. The number of nitrogens with zero attached hydrogens (tertiary/aromatic N) is 4. The minimum absolute atomic E-state index is 0.0426. The summed E-state index contributed by atoms with van der Waals surface area (Å²) in [6, 6.07) is 0. The third-order valence-corrected chi connectivity index (χ3v) is 7.27. The maximum atomic E-state index is 13.2. The molecule has 0 radical (unpaired) electrons. The summed E-state index contributed by atoms with van der Waals surface area (Å²) in [6.07, 6.45) is 2.94.